The smallest absolute Gasteiger partial charge is 0.172 e. The molecule has 0 aliphatic heterocycles. The number of rotatable bonds is 7. The fourth-order valence-corrected chi connectivity index (χ4v) is 2.52. The number of hydrogen-bond donors (Lipinski definition) is 1. The molecule has 0 radical (unpaired) electrons. The third kappa shape index (κ3) is 4.18. The van der Waals surface area contributed by atoms with Gasteiger partial charge in [0.05, 0.1) is 11.6 Å². The van der Waals surface area contributed by atoms with E-state index in [-0.39, 0.29) is 5.75 Å². The first-order valence-electron chi connectivity index (χ1n) is 6.40. The van der Waals surface area contributed by atoms with E-state index in [1.807, 2.05) is 12.1 Å². The third-order valence-electron chi connectivity index (χ3n) is 2.79. The molecule has 0 bridgehead atoms. The van der Waals surface area contributed by atoms with E-state index in [1.54, 1.807) is 7.11 Å². The Morgan fingerprint density at radius 1 is 1.22 bits per heavy atom. The van der Waals surface area contributed by atoms with Crippen molar-refractivity contribution in [3.63, 3.8) is 0 Å². The van der Waals surface area contributed by atoms with Crippen LogP contribution in [0.1, 0.15) is 32.3 Å². The second kappa shape index (κ2) is 7.64. The van der Waals surface area contributed by atoms with E-state index in [2.05, 4.69) is 34.7 Å². The monoisotopic (exact) mass is 315 g/mol. The Morgan fingerprint density at radius 3 is 2.33 bits per heavy atom. The first kappa shape index (κ1) is 15.3. The van der Waals surface area contributed by atoms with Gasteiger partial charge in [-0.2, -0.15) is 0 Å². The molecular weight excluding hydrogens is 294 g/mol. The van der Waals surface area contributed by atoms with Gasteiger partial charge in [0.25, 0.3) is 0 Å². The molecule has 0 amide bonds. The van der Waals surface area contributed by atoms with E-state index < -0.39 is 0 Å². The van der Waals surface area contributed by atoms with Crippen LogP contribution in [0.3, 0.4) is 0 Å². The quantitative estimate of drug-likeness (QED) is 0.831. The predicted molar refractivity (Wildman–Crippen MR) is 78.2 cm³/mol. The van der Waals surface area contributed by atoms with Crippen LogP contribution in [0, 0.1) is 0 Å². The Labute approximate surface area is 118 Å². The summed E-state index contributed by atoms with van der Waals surface area (Å²) in [5.74, 6) is 0.686. The number of nitrogens with zero attached hydrogens (tertiary/aromatic N) is 1. The zero-order valence-electron chi connectivity index (χ0n) is 11.4. The van der Waals surface area contributed by atoms with Gasteiger partial charge < -0.3 is 9.84 Å². The number of aromatic hydroxyl groups is 1. The summed E-state index contributed by atoms with van der Waals surface area (Å²) in [4.78, 5) is 2.41. The lowest BCUT2D eigenvalue weighted by molar-refractivity contribution is 0.265. The van der Waals surface area contributed by atoms with Gasteiger partial charge in [-0.3, -0.25) is 4.90 Å². The van der Waals surface area contributed by atoms with Gasteiger partial charge in [-0.15, -0.1) is 0 Å². The van der Waals surface area contributed by atoms with Crippen LogP contribution >= 0.6 is 15.9 Å². The van der Waals surface area contributed by atoms with Crippen LogP contribution in [0.2, 0.25) is 0 Å². The van der Waals surface area contributed by atoms with Gasteiger partial charge >= 0.3 is 0 Å². The summed E-state index contributed by atoms with van der Waals surface area (Å²) in [6, 6.07) is 3.86. The van der Waals surface area contributed by atoms with Crippen molar-refractivity contribution < 1.29 is 9.84 Å². The molecule has 0 saturated carbocycles. The van der Waals surface area contributed by atoms with Crippen LogP contribution in [-0.4, -0.2) is 30.2 Å². The van der Waals surface area contributed by atoms with E-state index >= 15 is 0 Å². The Morgan fingerprint density at radius 2 is 1.83 bits per heavy atom. The molecule has 0 aliphatic rings. The van der Waals surface area contributed by atoms with Crippen LogP contribution in [-0.2, 0) is 6.54 Å². The highest BCUT2D eigenvalue weighted by Crippen LogP contribution is 2.35. The molecule has 0 aromatic heterocycles. The second-order valence-corrected chi connectivity index (χ2v) is 5.26. The van der Waals surface area contributed by atoms with Crippen molar-refractivity contribution >= 4 is 15.9 Å². The maximum Gasteiger partial charge on any atom is 0.172 e. The molecule has 4 heteroatoms. The number of methoxy groups -OCH3 is 1. The molecule has 1 rings (SSSR count). The maximum absolute atomic E-state index is 9.78. The summed E-state index contributed by atoms with van der Waals surface area (Å²) in [5.41, 5.74) is 1.15. The van der Waals surface area contributed by atoms with Crippen molar-refractivity contribution in [3.05, 3.63) is 22.2 Å². The molecule has 0 unspecified atom stereocenters. The minimum Gasteiger partial charge on any atom is -0.503 e. The van der Waals surface area contributed by atoms with Gasteiger partial charge in [0, 0.05) is 6.54 Å². The van der Waals surface area contributed by atoms with E-state index in [0.29, 0.717) is 10.2 Å². The summed E-state index contributed by atoms with van der Waals surface area (Å²) < 4.78 is 5.85. The molecule has 0 saturated heterocycles. The summed E-state index contributed by atoms with van der Waals surface area (Å²) in [6.45, 7) is 7.45. The van der Waals surface area contributed by atoms with Gasteiger partial charge in [-0.25, -0.2) is 0 Å². The average molecular weight is 316 g/mol. The van der Waals surface area contributed by atoms with Crippen molar-refractivity contribution in [2.45, 2.75) is 33.2 Å². The minimum absolute atomic E-state index is 0.166. The number of halogens is 1. The van der Waals surface area contributed by atoms with Crippen LogP contribution < -0.4 is 4.74 Å². The van der Waals surface area contributed by atoms with Crippen molar-refractivity contribution in [2.24, 2.45) is 0 Å². The standard InChI is InChI=1S/C14H22BrNO2/c1-4-6-16(7-5-2)10-11-8-12(15)14(17)13(9-11)18-3/h8-9,17H,4-7,10H2,1-3H3. The van der Waals surface area contributed by atoms with Crippen molar-refractivity contribution in [1.29, 1.82) is 0 Å². The maximum atomic E-state index is 9.78. The van der Waals surface area contributed by atoms with Crippen LogP contribution in [0.5, 0.6) is 11.5 Å². The summed E-state index contributed by atoms with van der Waals surface area (Å²) in [7, 11) is 1.57. The minimum atomic E-state index is 0.166. The molecular formula is C14H22BrNO2. The molecule has 0 atom stereocenters. The molecule has 102 valence electrons. The van der Waals surface area contributed by atoms with Gasteiger partial charge in [0.2, 0.25) is 0 Å². The number of ether oxygens (including phenoxy) is 1. The lowest BCUT2D eigenvalue weighted by Crippen LogP contribution is -2.24. The van der Waals surface area contributed by atoms with Gasteiger partial charge in [0.1, 0.15) is 0 Å². The molecule has 18 heavy (non-hydrogen) atoms. The van der Waals surface area contributed by atoms with Crippen LogP contribution in [0.4, 0.5) is 0 Å². The van der Waals surface area contributed by atoms with E-state index in [9.17, 15) is 5.11 Å². The van der Waals surface area contributed by atoms with Gasteiger partial charge in [0.15, 0.2) is 11.5 Å². The molecule has 0 fully saturated rings. The molecule has 0 spiro atoms. The zero-order chi connectivity index (χ0) is 13.5. The molecule has 1 aromatic rings. The Hall–Kier alpha value is -0.740. The van der Waals surface area contributed by atoms with Crippen molar-refractivity contribution in [2.75, 3.05) is 20.2 Å². The highest BCUT2D eigenvalue weighted by molar-refractivity contribution is 9.10. The SMILES string of the molecule is CCCN(CCC)Cc1cc(Br)c(O)c(OC)c1. The van der Waals surface area contributed by atoms with Crippen molar-refractivity contribution in [1.82, 2.24) is 4.90 Å². The van der Waals surface area contributed by atoms with Crippen LogP contribution in [0.25, 0.3) is 0 Å². The van der Waals surface area contributed by atoms with Gasteiger partial charge in [-0.05, 0) is 59.6 Å². The summed E-state index contributed by atoms with van der Waals surface area (Å²) in [5, 5.41) is 9.78. The molecule has 3 nitrogen and oxygen atoms in total. The lowest BCUT2D eigenvalue weighted by atomic mass is 10.1. The zero-order valence-corrected chi connectivity index (χ0v) is 13.0. The highest BCUT2D eigenvalue weighted by atomic mass is 79.9. The first-order valence-corrected chi connectivity index (χ1v) is 7.19. The molecule has 1 N–H and O–H groups in total. The summed E-state index contributed by atoms with van der Waals surface area (Å²) >= 11 is 3.36. The first-order chi connectivity index (χ1) is 8.62. The second-order valence-electron chi connectivity index (χ2n) is 4.40. The average Bonchev–Trinajstić information content (AvgIpc) is 2.34. The molecule has 0 heterocycles. The summed E-state index contributed by atoms with van der Waals surface area (Å²) in [6.07, 6.45) is 2.30. The van der Waals surface area contributed by atoms with Crippen LogP contribution in [0.15, 0.2) is 16.6 Å². The van der Waals surface area contributed by atoms with E-state index in [0.717, 1.165) is 38.0 Å². The third-order valence-corrected chi connectivity index (χ3v) is 3.40. The predicted octanol–water partition coefficient (Wildman–Crippen LogP) is 3.79. The van der Waals surface area contributed by atoms with E-state index in [1.165, 1.54) is 0 Å². The Balaban J connectivity index is 2.85. The van der Waals surface area contributed by atoms with E-state index in [4.69, 9.17) is 4.74 Å². The Kier molecular flexibility index (Phi) is 6.50. The number of phenolic OH excluding ortho intramolecular Hbond substituents is 1. The normalized spacial score (nSPS) is 10.9. The lowest BCUT2D eigenvalue weighted by Gasteiger charge is -2.21. The number of phenols is 1. The number of benzene rings is 1. The largest absolute Gasteiger partial charge is 0.503 e. The fraction of sp³-hybridized carbons (Fsp3) is 0.571. The molecule has 1 aromatic carbocycles. The fourth-order valence-electron chi connectivity index (χ4n) is 2.03. The van der Waals surface area contributed by atoms with Gasteiger partial charge in [-0.1, -0.05) is 13.8 Å². The Bertz CT molecular complexity index is 376. The molecule has 0 aliphatic carbocycles. The van der Waals surface area contributed by atoms with Crippen molar-refractivity contribution in [3.8, 4) is 11.5 Å². The highest BCUT2D eigenvalue weighted by Gasteiger charge is 2.11. The topological polar surface area (TPSA) is 32.7 Å². The number of hydrogen-bond acceptors (Lipinski definition) is 3.